The van der Waals surface area contributed by atoms with E-state index in [0.717, 1.165) is 16.9 Å². The number of nitrogens with two attached hydrogens (primary N) is 2. The summed E-state index contributed by atoms with van der Waals surface area (Å²) < 4.78 is 10.4. The van der Waals surface area contributed by atoms with Crippen LogP contribution in [0.5, 0.6) is 11.5 Å². The first-order chi connectivity index (χ1) is 6.61. The number of hydrogen-bond acceptors (Lipinski definition) is 4. The Morgan fingerprint density at radius 3 is 2.21 bits per heavy atom. The van der Waals surface area contributed by atoms with Crippen molar-refractivity contribution in [3.05, 3.63) is 23.3 Å². The minimum absolute atomic E-state index is 0.533. The quantitative estimate of drug-likeness (QED) is 0.705. The van der Waals surface area contributed by atoms with Crippen molar-refractivity contribution < 1.29 is 9.47 Å². The van der Waals surface area contributed by atoms with Crippen molar-refractivity contribution in [2.45, 2.75) is 13.1 Å². The monoisotopic (exact) mass is 196 g/mol. The normalized spacial score (nSPS) is 10.4. The minimum atomic E-state index is -0.533. The smallest absolute Gasteiger partial charge is 0.131 e. The number of hydrogen-bond donors (Lipinski definition) is 2. The molecule has 14 heavy (non-hydrogen) atoms. The first-order valence-corrected chi connectivity index (χ1v) is 4.34. The van der Waals surface area contributed by atoms with Gasteiger partial charge in [0.05, 0.1) is 20.4 Å². The number of methoxy groups -OCH3 is 2. The lowest BCUT2D eigenvalue weighted by atomic mass is 10.1. The van der Waals surface area contributed by atoms with Crippen molar-refractivity contribution in [1.82, 2.24) is 0 Å². The van der Waals surface area contributed by atoms with Gasteiger partial charge in [-0.05, 0) is 19.1 Å². The Kier molecular flexibility index (Phi) is 3.33. The van der Waals surface area contributed by atoms with Gasteiger partial charge >= 0.3 is 0 Å². The van der Waals surface area contributed by atoms with E-state index in [1.54, 1.807) is 14.2 Å². The van der Waals surface area contributed by atoms with Gasteiger partial charge in [-0.1, -0.05) is 0 Å². The standard InChI is InChI=1S/C10H16N2O2/c1-6-8(13-2)5-4-7(10(11)12)9(6)14-3/h4-5,10H,11-12H2,1-3H3. The van der Waals surface area contributed by atoms with Crippen LogP contribution in [-0.2, 0) is 0 Å². The molecule has 4 nitrogen and oxygen atoms in total. The maximum absolute atomic E-state index is 5.61. The summed E-state index contributed by atoms with van der Waals surface area (Å²) in [6, 6.07) is 3.65. The predicted molar refractivity (Wildman–Crippen MR) is 55.4 cm³/mol. The number of benzene rings is 1. The fraction of sp³-hybridized carbons (Fsp3) is 0.400. The molecule has 0 amide bonds. The van der Waals surface area contributed by atoms with Crippen molar-refractivity contribution in [3.63, 3.8) is 0 Å². The van der Waals surface area contributed by atoms with E-state index in [-0.39, 0.29) is 0 Å². The highest BCUT2D eigenvalue weighted by molar-refractivity contribution is 5.50. The lowest BCUT2D eigenvalue weighted by Gasteiger charge is -2.16. The number of rotatable bonds is 3. The molecule has 0 aliphatic heterocycles. The van der Waals surface area contributed by atoms with Gasteiger partial charge in [0.25, 0.3) is 0 Å². The van der Waals surface area contributed by atoms with Gasteiger partial charge in [-0.2, -0.15) is 0 Å². The van der Waals surface area contributed by atoms with E-state index in [1.807, 2.05) is 19.1 Å². The van der Waals surface area contributed by atoms with Crippen LogP contribution in [0.25, 0.3) is 0 Å². The summed E-state index contributed by atoms with van der Waals surface area (Å²) in [4.78, 5) is 0. The first kappa shape index (κ1) is 10.8. The Balaban J connectivity index is 3.28. The van der Waals surface area contributed by atoms with Crippen molar-refractivity contribution in [3.8, 4) is 11.5 Å². The molecule has 0 aliphatic rings. The predicted octanol–water partition coefficient (Wildman–Crippen LogP) is 0.928. The third kappa shape index (κ3) is 1.81. The maximum Gasteiger partial charge on any atom is 0.131 e. The van der Waals surface area contributed by atoms with E-state index in [0.29, 0.717) is 5.75 Å². The average molecular weight is 196 g/mol. The third-order valence-electron chi connectivity index (χ3n) is 2.17. The highest BCUT2D eigenvalue weighted by atomic mass is 16.5. The molecule has 1 aromatic rings. The Morgan fingerprint density at radius 1 is 1.14 bits per heavy atom. The second-order valence-electron chi connectivity index (χ2n) is 3.04. The summed E-state index contributed by atoms with van der Waals surface area (Å²) >= 11 is 0. The molecule has 0 saturated heterocycles. The van der Waals surface area contributed by atoms with Gasteiger partial charge in [0, 0.05) is 11.1 Å². The van der Waals surface area contributed by atoms with Gasteiger partial charge < -0.3 is 20.9 Å². The Bertz CT molecular complexity index is 324. The van der Waals surface area contributed by atoms with Crippen molar-refractivity contribution in [2.75, 3.05) is 14.2 Å². The van der Waals surface area contributed by atoms with E-state index >= 15 is 0 Å². The maximum atomic E-state index is 5.61. The van der Waals surface area contributed by atoms with E-state index in [9.17, 15) is 0 Å². The second kappa shape index (κ2) is 4.30. The molecule has 0 atom stereocenters. The van der Waals surface area contributed by atoms with E-state index < -0.39 is 6.17 Å². The molecule has 0 heterocycles. The molecule has 4 N–H and O–H groups in total. The summed E-state index contributed by atoms with van der Waals surface area (Å²) in [7, 11) is 3.21. The highest BCUT2D eigenvalue weighted by Gasteiger charge is 2.13. The van der Waals surface area contributed by atoms with Crippen LogP contribution in [0.3, 0.4) is 0 Å². The lowest BCUT2D eigenvalue weighted by Crippen LogP contribution is -2.21. The summed E-state index contributed by atoms with van der Waals surface area (Å²) in [6.45, 7) is 1.91. The molecule has 4 heteroatoms. The summed E-state index contributed by atoms with van der Waals surface area (Å²) in [5.74, 6) is 1.46. The van der Waals surface area contributed by atoms with E-state index in [1.165, 1.54) is 0 Å². The molecular formula is C10H16N2O2. The van der Waals surface area contributed by atoms with E-state index in [4.69, 9.17) is 20.9 Å². The Labute approximate surface area is 83.8 Å². The minimum Gasteiger partial charge on any atom is -0.496 e. The van der Waals surface area contributed by atoms with Crippen LogP contribution in [0, 0.1) is 6.92 Å². The van der Waals surface area contributed by atoms with Crippen molar-refractivity contribution in [1.29, 1.82) is 0 Å². The molecule has 1 aromatic carbocycles. The molecule has 78 valence electrons. The molecule has 0 spiro atoms. The van der Waals surface area contributed by atoms with Crippen LogP contribution in [0.2, 0.25) is 0 Å². The van der Waals surface area contributed by atoms with Gasteiger partial charge in [0.15, 0.2) is 0 Å². The van der Waals surface area contributed by atoms with Crippen LogP contribution in [-0.4, -0.2) is 14.2 Å². The second-order valence-corrected chi connectivity index (χ2v) is 3.04. The number of ether oxygens (including phenoxy) is 2. The highest BCUT2D eigenvalue weighted by Crippen LogP contribution is 2.32. The van der Waals surface area contributed by atoms with Gasteiger partial charge in [0.2, 0.25) is 0 Å². The Hall–Kier alpha value is -1.26. The van der Waals surface area contributed by atoms with Gasteiger partial charge in [0.1, 0.15) is 11.5 Å². The molecule has 0 aromatic heterocycles. The first-order valence-electron chi connectivity index (χ1n) is 4.34. The fourth-order valence-electron chi connectivity index (χ4n) is 1.45. The van der Waals surface area contributed by atoms with Crippen LogP contribution in [0.15, 0.2) is 12.1 Å². The molecule has 0 saturated carbocycles. The average Bonchev–Trinajstić information content (AvgIpc) is 2.17. The van der Waals surface area contributed by atoms with Crippen molar-refractivity contribution >= 4 is 0 Å². The van der Waals surface area contributed by atoms with Crippen molar-refractivity contribution in [2.24, 2.45) is 11.5 Å². The summed E-state index contributed by atoms with van der Waals surface area (Å²) in [5.41, 5.74) is 12.9. The fourth-order valence-corrected chi connectivity index (χ4v) is 1.45. The molecule has 0 fully saturated rings. The van der Waals surface area contributed by atoms with Crippen LogP contribution < -0.4 is 20.9 Å². The Morgan fingerprint density at radius 2 is 1.79 bits per heavy atom. The van der Waals surface area contributed by atoms with Gasteiger partial charge in [-0.25, -0.2) is 0 Å². The summed E-state index contributed by atoms with van der Waals surface area (Å²) in [5, 5.41) is 0. The zero-order valence-corrected chi connectivity index (χ0v) is 8.70. The molecular weight excluding hydrogens is 180 g/mol. The summed E-state index contributed by atoms with van der Waals surface area (Å²) in [6.07, 6.45) is -0.533. The molecule has 0 radical (unpaired) electrons. The van der Waals surface area contributed by atoms with Crippen LogP contribution >= 0.6 is 0 Å². The lowest BCUT2D eigenvalue weighted by molar-refractivity contribution is 0.383. The zero-order chi connectivity index (χ0) is 10.7. The SMILES string of the molecule is COc1ccc(C(N)N)c(OC)c1C. The van der Waals surface area contributed by atoms with Crippen LogP contribution in [0.4, 0.5) is 0 Å². The van der Waals surface area contributed by atoms with Crippen LogP contribution in [0.1, 0.15) is 17.3 Å². The zero-order valence-electron chi connectivity index (χ0n) is 8.70. The third-order valence-corrected chi connectivity index (χ3v) is 2.17. The molecule has 1 rings (SSSR count). The molecule has 0 unspecified atom stereocenters. The van der Waals surface area contributed by atoms with E-state index in [2.05, 4.69) is 0 Å². The largest absolute Gasteiger partial charge is 0.496 e. The van der Waals surface area contributed by atoms with Gasteiger partial charge in [-0.15, -0.1) is 0 Å². The topological polar surface area (TPSA) is 70.5 Å². The molecule has 0 bridgehead atoms. The van der Waals surface area contributed by atoms with Gasteiger partial charge in [-0.3, -0.25) is 0 Å². The molecule has 0 aliphatic carbocycles.